The molecule has 1 amide bonds. The van der Waals surface area contributed by atoms with Crippen LogP contribution in [0.1, 0.15) is 29.4 Å². The average Bonchev–Trinajstić information content (AvgIpc) is 2.95. The number of anilines is 1. The van der Waals surface area contributed by atoms with Crippen LogP contribution in [0.25, 0.3) is 0 Å². The number of carbonyl (C=O) groups is 1. The summed E-state index contributed by atoms with van der Waals surface area (Å²) in [7, 11) is 1.89. The molecule has 0 spiro atoms. The smallest absolute Gasteiger partial charge is 0.279 e. The van der Waals surface area contributed by atoms with Gasteiger partial charge in [-0.2, -0.15) is 10.2 Å². The summed E-state index contributed by atoms with van der Waals surface area (Å²) in [4.78, 5) is 14.2. The predicted octanol–water partition coefficient (Wildman–Crippen LogP) is 2.23. The molecule has 118 valence electrons. The molecule has 23 heavy (non-hydrogen) atoms. The first-order valence-electron chi connectivity index (χ1n) is 7.57. The summed E-state index contributed by atoms with van der Waals surface area (Å²) in [6, 6.07) is 7.65. The van der Waals surface area contributed by atoms with Crippen LogP contribution in [0.15, 0.2) is 34.5 Å². The van der Waals surface area contributed by atoms with Crippen molar-refractivity contribution in [1.82, 2.24) is 9.78 Å². The van der Waals surface area contributed by atoms with E-state index in [9.17, 15) is 4.79 Å². The van der Waals surface area contributed by atoms with Crippen molar-refractivity contribution in [2.45, 2.75) is 20.8 Å². The Morgan fingerprint density at radius 1 is 1.26 bits per heavy atom. The van der Waals surface area contributed by atoms with Crippen LogP contribution < -0.4 is 4.90 Å². The number of aryl methyl sites for hydroxylation is 2. The number of likely N-dealkylation sites (N-methyl/N-ethyl adjacent to an activating group) is 1. The molecule has 2 aromatic rings. The zero-order chi connectivity index (χ0) is 16.6. The number of nitrogens with zero attached hydrogens (tertiary/aromatic N) is 5. The molecule has 0 unspecified atom stereocenters. The van der Waals surface area contributed by atoms with Gasteiger partial charge in [0.15, 0.2) is 5.71 Å². The molecule has 0 fully saturated rings. The predicted molar refractivity (Wildman–Crippen MR) is 91.3 cm³/mol. The molecule has 1 aliphatic rings. The van der Waals surface area contributed by atoms with Crippen molar-refractivity contribution in [2.75, 3.05) is 11.4 Å². The second-order valence-corrected chi connectivity index (χ2v) is 5.47. The molecule has 0 atom stereocenters. The van der Waals surface area contributed by atoms with Gasteiger partial charge in [-0.1, -0.05) is 18.2 Å². The van der Waals surface area contributed by atoms with Crippen molar-refractivity contribution in [3.8, 4) is 0 Å². The molecule has 0 radical (unpaired) electrons. The van der Waals surface area contributed by atoms with Crippen LogP contribution in [0.3, 0.4) is 0 Å². The Kier molecular flexibility index (Phi) is 3.82. The minimum atomic E-state index is -0.106. The van der Waals surface area contributed by atoms with E-state index in [1.165, 1.54) is 0 Å². The van der Waals surface area contributed by atoms with Gasteiger partial charge < -0.3 is 4.90 Å². The van der Waals surface area contributed by atoms with E-state index < -0.39 is 0 Å². The number of fused-ring (bicyclic) bond motifs is 1. The quantitative estimate of drug-likeness (QED) is 0.644. The van der Waals surface area contributed by atoms with Crippen molar-refractivity contribution >= 4 is 23.5 Å². The Bertz CT molecular complexity index is 832. The summed E-state index contributed by atoms with van der Waals surface area (Å²) in [5.41, 5.74) is 4.95. The van der Waals surface area contributed by atoms with Crippen molar-refractivity contribution in [2.24, 2.45) is 17.3 Å². The maximum absolute atomic E-state index is 12.5. The van der Waals surface area contributed by atoms with E-state index in [0.29, 0.717) is 12.3 Å². The monoisotopic (exact) mass is 309 g/mol. The van der Waals surface area contributed by atoms with E-state index in [4.69, 9.17) is 0 Å². The third-order valence-corrected chi connectivity index (χ3v) is 4.12. The van der Waals surface area contributed by atoms with Crippen molar-refractivity contribution in [1.29, 1.82) is 0 Å². The van der Waals surface area contributed by atoms with Crippen LogP contribution in [0.4, 0.5) is 5.69 Å². The Hall–Kier alpha value is -2.76. The summed E-state index contributed by atoms with van der Waals surface area (Å²) < 4.78 is 1.80. The summed E-state index contributed by atoms with van der Waals surface area (Å²) >= 11 is 0. The lowest BCUT2D eigenvalue weighted by atomic mass is 10.1. The first kappa shape index (κ1) is 15.1. The van der Waals surface area contributed by atoms with Gasteiger partial charge in [-0.05, 0) is 26.8 Å². The Balaban J connectivity index is 1.97. The summed E-state index contributed by atoms with van der Waals surface area (Å²) in [5, 5.41) is 12.7. The highest BCUT2D eigenvalue weighted by molar-refractivity contribution is 6.54. The van der Waals surface area contributed by atoms with Crippen LogP contribution in [0, 0.1) is 13.8 Å². The highest BCUT2D eigenvalue weighted by atomic mass is 16.2. The summed E-state index contributed by atoms with van der Waals surface area (Å²) in [6.45, 7) is 6.46. The fraction of sp³-hybridized carbons (Fsp3) is 0.294. The molecule has 2 heterocycles. The Morgan fingerprint density at radius 2 is 2.00 bits per heavy atom. The molecule has 3 rings (SSSR count). The second-order valence-electron chi connectivity index (χ2n) is 5.47. The summed E-state index contributed by atoms with van der Waals surface area (Å²) in [5.74, 6) is -0.106. The number of rotatable bonds is 3. The first-order chi connectivity index (χ1) is 11.0. The maximum atomic E-state index is 12.5. The number of para-hydroxylation sites is 1. The zero-order valence-electron chi connectivity index (χ0n) is 13.7. The van der Waals surface area contributed by atoms with Gasteiger partial charge in [0.2, 0.25) is 0 Å². The number of carbonyl (C=O) groups excluding carboxylic acids is 1. The average molecular weight is 309 g/mol. The largest absolute Gasteiger partial charge is 0.307 e. The molecule has 0 saturated carbocycles. The van der Waals surface area contributed by atoms with Crippen LogP contribution in [-0.4, -0.2) is 34.2 Å². The summed E-state index contributed by atoms with van der Waals surface area (Å²) in [6.07, 6.45) is 1.66. The lowest BCUT2D eigenvalue weighted by Gasteiger charge is -2.12. The highest BCUT2D eigenvalue weighted by Gasteiger charge is 2.32. The van der Waals surface area contributed by atoms with E-state index in [1.807, 2.05) is 52.1 Å². The van der Waals surface area contributed by atoms with Gasteiger partial charge in [0.1, 0.15) is 0 Å². The van der Waals surface area contributed by atoms with Crippen LogP contribution >= 0.6 is 0 Å². The Morgan fingerprint density at radius 3 is 2.65 bits per heavy atom. The van der Waals surface area contributed by atoms with E-state index in [2.05, 4.69) is 15.3 Å². The van der Waals surface area contributed by atoms with Gasteiger partial charge in [0.05, 0.1) is 17.6 Å². The molecule has 6 heteroatoms. The number of hydrogen-bond acceptors (Lipinski definition) is 4. The molecule has 6 nitrogen and oxygen atoms in total. The van der Waals surface area contributed by atoms with Gasteiger partial charge in [-0.25, -0.2) is 0 Å². The van der Waals surface area contributed by atoms with E-state index in [0.717, 1.165) is 28.2 Å². The number of amides is 1. The highest BCUT2D eigenvalue weighted by Crippen LogP contribution is 2.28. The number of hydrogen-bond donors (Lipinski definition) is 0. The molecule has 0 bridgehead atoms. The van der Waals surface area contributed by atoms with Crippen LogP contribution in [-0.2, 0) is 11.8 Å². The minimum Gasteiger partial charge on any atom is -0.307 e. The van der Waals surface area contributed by atoms with Gasteiger partial charge >= 0.3 is 0 Å². The third-order valence-electron chi connectivity index (χ3n) is 4.12. The van der Waals surface area contributed by atoms with E-state index in [1.54, 1.807) is 15.8 Å². The standard InChI is InChI=1S/C17H19N5O/c1-5-22-15-9-7-6-8-13(15)16(17(22)23)19-18-10-14-11(2)20-21(4)12(14)3/h6-10H,5H2,1-4H3/b18-10-,19-16+. The molecule has 1 aromatic heterocycles. The normalized spacial score (nSPS) is 15.9. The first-order valence-corrected chi connectivity index (χ1v) is 7.57. The lowest BCUT2D eigenvalue weighted by Crippen LogP contribution is -2.29. The molecule has 1 aliphatic heterocycles. The second kappa shape index (κ2) is 5.79. The van der Waals surface area contributed by atoms with Gasteiger partial charge in [0.25, 0.3) is 5.91 Å². The molecular weight excluding hydrogens is 290 g/mol. The molecular formula is C17H19N5O. The van der Waals surface area contributed by atoms with Crippen molar-refractivity contribution in [3.63, 3.8) is 0 Å². The molecule has 0 N–H and O–H groups in total. The van der Waals surface area contributed by atoms with E-state index >= 15 is 0 Å². The zero-order valence-corrected chi connectivity index (χ0v) is 13.7. The molecule has 0 saturated heterocycles. The van der Waals surface area contributed by atoms with Crippen LogP contribution in [0.5, 0.6) is 0 Å². The maximum Gasteiger partial charge on any atom is 0.279 e. The third kappa shape index (κ3) is 2.46. The molecule has 1 aromatic carbocycles. The van der Waals surface area contributed by atoms with Crippen LogP contribution in [0.2, 0.25) is 0 Å². The topological polar surface area (TPSA) is 62.9 Å². The fourth-order valence-corrected chi connectivity index (χ4v) is 2.79. The number of aromatic nitrogens is 2. The molecule has 0 aliphatic carbocycles. The minimum absolute atomic E-state index is 0.106. The SMILES string of the molecule is CCN1C(=O)/C(=N/N=C\c2c(C)nn(C)c2C)c2ccccc21. The van der Waals surface area contributed by atoms with Crippen molar-refractivity contribution in [3.05, 3.63) is 46.8 Å². The van der Waals surface area contributed by atoms with Gasteiger partial charge in [-0.15, -0.1) is 5.10 Å². The van der Waals surface area contributed by atoms with Gasteiger partial charge in [0, 0.05) is 30.4 Å². The lowest BCUT2D eigenvalue weighted by molar-refractivity contribution is -0.112. The fourth-order valence-electron chi connectivity index (χ4n) is 2.79. The van der Waals surface area contributed by atoms with E-state index in [-0.39, 0.29) is 5.91 Å². The van der Waals surface area contributed by atoms with Gasteiger partial charge in [-0.3, -0.25) is 9.48 Å². The van der Waals surface area contributed by atoms with Crippen molar-refractivity contribution < 1.29 is 4.79 Å². The Labute approximate surface area is 135 Å². The number of benzene rings is 1.